The molecule has 0 radical (unpaired) electrons. The maximum atomic E-state index is 5.41. The van der Waals surface area contributed by atoms with Crippen molar-refractivity contribution in [2.24, 2.45) is 0 Å². The highest BCUT2D eigenvalue weighted by Crippen LogP contribution is 2.22. The summed E-state index contributed by atoms with van der Waals surface area (Å²) in [5.74, 6) is 0.946. The predicted molar refractivity (Wildman–Crippen MR) is 60.3 cm³/mol. The van der Waals surface area contributed by atoms with E-state index in [0.717, 1.165) is 16.9 Å². The number of rotatable bonds is 1. The Morgan fingerprint density at radius 1 is 1.00 bits per heavy atom. The topological polar surface area (TPSA) is 13.1 Å². The molecule has 1 heterocycles. The third-order valence-electron chi connectivity index (χ3n) is 2.03. The summed E-state index contributed by atoms with van der Waals surface area (Å²) in [6, 6.07) is 10.4. The van der Waals surface area contributed by atoms with Crippen LogP contribution in [0.2, 0.25) is 0 Å². The third kappa shape index (κ3) is 2.05. The smallest absolute Gasteiger partial charge is 0.134 e. The molecule has 0 spiro atoms. The fraction of sp³-hybridized carbons (Fsp3) is 0.231. The molecule has 0 N–H and O–H groups in total. The minimum absolute atomic E-state index is 0. The maximum Gasteiger partial charge on any atom is 0.134 e. The Morgan fingerprint density at radius 2 is 1.79 bits per heavy atom. The van der Waals surface area contributed by atoms with E-state index in [1.54, 1.807) is 6.26 Å². The molecule has 0 amide bonds. The van der Waals surface area contributed by atoms with Gasteiger partial charge in [0.1, 0.15) is 5.76 Å². The minimum atomic E-state index is 0. The normalized spacial score (nSPS) is 9.57. The lowest BCUT2D eigenvalue weighted by atomic mass is 10.1. The van der Waals surface area contributed by atoms with E-state index < -0.39 is 0 Å². The second-order valence-corrected chi connectivity index (χ2v) is 3.36. The van der Waals surface area contributed by atoms with Crippen molar-refractivity contribution < 1.29 is 4.42 Å². The summed E-state index contributed by atoms with van der Waals surface area (Å²) < 4.78 is 5.41. The van der Waals surface area contributed by atoms with Crippen LogP contribution in [-0.4, -0.2) is 0 Å². The Bertz CT molecular complexity index is 413. The molecule has 0 saturated carbocycles. The fourth-order valence-corrected chi connectivity index (χ4v) is 1.38. The zero-order chi connectivity index (χ0) is 9.26. The molecule has 0 aliphatic heterocycles. The van der Waals surface area contributed by atoms with Gasteiger partial charge in [-0.3, -0.25) is 0 Å². The van der Waals surface area contributed by atoms with Crippen LogP contribution in [0.3, 0.4) is 0 Å². The number of hydrogen-bond donors (Lipinski definition) is 0. The second kappa shape index (κ2) is 4.14. The van der Waals surface area contributed by atoms with E-state index in [-0.39, 0.29) is 7.43 Å². The van der Waals surface area contributed by atoms with Crippen LogP contribution in [0, 0.1) is 13.8 Å². The molecule has 0 bridgehead atoms. The van der Waals surface area contributed by atoms with E-state index in [0.29, 0.717) is 0 Å². The van der Waals surface area contributed by atoms with Gasteiger partial charge in [-0.15, -0.1) is 0 Å². The average molecular weight is 188 g/mol. The van der Waals surface area contributed by atoms with Crippen LogP contribution < -0.4 is 0 Å². The maximum absolute atomic E-state index is 5.41. The summed E-state index contributed by atoms with van der Waals surface area (Å²) in [7, 11) is 0. The highest BCUT2D eigenvalue weighted by atomic mass is 16.3. The minimum Gasteiger partial charge on any atom is -0.464 e. The molecule has 1 aromatic heterocycles. The number of benzene rings is 1. The quantitative estimate of drug-likeness (QED) is 0.653. The molecule has 0 unspecified atom stereocenters. The van der Waals surface area contributed by atoms with E-state index in [1.165, 1.54) is 5.56 Å². The van der Waals surface area contributed by atoms with Gasteiger partial charge >= 0.3 is 0 Å². The van der Waals surface area contributed by atoms with Crippen LogP contribution >= 0.6 is 0 Å². The second-order valence-electron chi connectivity index (χ2n) is 3.36. The van der Waals surface area contributed by atoms with Gasteiger partial charge in [0.15, 0.2) is 0 Å². The van der Waals surface area contributed by atoms with Gasteiger partial charge in [0.2, 0.25) is 0 Å². The SMILES string of the molecule is C.Cc1cccc(-c2cc(C)co2)c1. The van der Waals surface area contributed by atoms with Gasteiger partial charge < -0.3 is 4.42 Å². The summed E-state index contributed by atoms with van der Waals surface area (Å²) >= 11 is 0. The molecule has 1 aromatic carbocycles. The third-order valence-corrected chi connectivity index (χ3v) is 2.03. The lowest BCUT2D eigenvalue weighted by molar-refractivity contribution is 0.580. The zero-order valence-electron chi connectivity index (χ0n) is 7.87. The summed E-state index contributed by atoms with van der Waals surface area (Å²) in [5, 5.41) is 0. The van der Waals surface area contributed by atoms with Gasteiger partial charge in [0, 0.05) is 5.56 Å². The van der Waals surface area contributed by atoms with Gasteiger partial charge in [-0.05, 0) is 31.5 Å². The van der Waals surface area contributed by atoms with Crippen LogP contribution in [0.15, 0.2) is 41.0 Å². The summed E-state index contributed by atoms with van der Waals surface area (Å²) in [5.41, 5.74) is 3.57. The molecule has 0 atom stereocenters. The van der Waals surface area contributed by atoms with Gasteiger partial charge in [0.25, 0.3) is 0 Å². The van der Waals surface area contributed by atoms with Gasteiger partial charge in [0.05, 0.1) is 6.26 Å². The number of furan rings is 1. The molecule has 74 valence electrons. The molecule has 2 aromatic rings. The van der Waals surface area contributed by atoms with E-state index in [9.17, 15) is 0 Å². The van der Waals surface area contributed by atoms with E-state index in [1.807, 2.05) is 13.0 Å². The largest absolute Gasteiger partial charge is 0.464 e. The monoisotopic (exact) mass is 188 g/mol. The molecular formula is C13H16O. The molecule has 0 fully saturated rings. The highest BCUT2D eigenvalue weighted by Gasteiger charge is 2.01. The first-order chi connectivity index (χ1) is 6.25. The van der Waals surface area contributed by atoms with Crippen molar-refractivity contribution in [1.29, 1.82) is 0 Å². The molecular weight excluding hydrogens is 172 g/mol. The Kier molecular flexibility index (Phi) is 3.13. The average Bonchev–Trinajstić information content (AvgIpc) is 2.52. The lowest BCUT2D eigenvalue weighted by Gasteiger charge is -1.97. The van der Waals surface area contributed by atoms with E-state index in [2.05, 4.69) is 31.2 Å². The zero-order valence-corrected chi connectivity index (χ0v) is 7.87. The van der Waals surface area contributed by atoms with Crippen LogP contribution in [0.25, 0.3) is 11.3 Å². The first-order valence-corrected chi connectivity index (χ1v) is 4.38. The Balaban J connectivity index is 0.000000980. The lowest BCUT2D eigenvalue weighted by Crippen LogP contribution is -1.75. The molecule has 14 heavy (non-hydrogen) atoms. The molecule has 0 aliphatic rings. The number of aryl methyl sites for hydroxylation is 2. The molecule has 2 rings (SSSR count). The van der Waals surface area contributed by atoms with Crippen molar-refractivity contribution >= 4 is 0 Å². The number of hydrogen-bond acceptors (Lipinski definition) is 1. The van der Waals surface area contributed by atoms with Crippen molar-refractivity contribution in [3.8, 4) is 11.3 Å². The molecule has 1 heteroatoms. The first kappa shape index (κ1) is 10.6. The van der Waals surface area contributed by atoms with E-state index in [4.69, 9.17) is 4.42 Å². The van der Waals surface area contributed by atoms with Gasteiger partial charge in [-0.25, -0.2) is 0 Å². The van der Waals surface area contributed by atoms with Crippen LogP contribution in [0.1, 0.15) is 18.6 Å². The molecule has 0 saturated heterocycles. The summed E-state index contributed by atoms with van der Waals surface area (Å²) in [6.07, 6.45) is 1.78. The molecule has 1 nitrogen and oxygen atoms in total. The van der Waals surface area contributed by atoms with Crippen molar-refractivity contribution in [3.05, 3.63) is 47.7 Å². The Hall–Kier alpha value is -1.50. The van der Waals surface area contributed by atoms with Gasteiger partial charge in [-0.1, -0.05) is 31.2 Å². The Morgan fingerprint density at radius 3 is 2.36 bits per heavy atom. The Labute approximate surface area is 85.4 Å². The summed E-state index contributed by atoms with van der Waals surface area (Å²) in [6.45, 7) is 4.11. The van der Waals surface area contributed by atoms with Gasteiger partial charge in [-0.2, -0.15) is 0 Å². The fourth-order valence-electron chi connectivity index (χ4n) is 1.38. The standard InChI is InChI=1S/C12H12O.CH4/c1-9-4-3-5-11(6-9)12-7-10(2)8-13-12;/h3-8H,1-2H3;1H4. The van der Waals surface area contributed by atoms with Crippen LogP contribution in [-0.2, 0) is 0 Å². The molecule has 0 aliphatic carbocycles. The summed E-state index contributed by atoms with van der Waals surface area (Å²) in [4.78, 5) is 0. The van der Waals surface area contributed by atoms with Crippen LogP contribution in [0.4, 0.5) is 0 Å². The first-order valence-electron chi connectivity index (χ1n) is 4.38. The van der Waals surface area contributed by atoms with E-state index >= 15 is 0 Å². The van der Waals surface area contributed by atoms with Crippen molar-refractivity contribution in [1.82, 2.24) is 0 Å². The van der Waals surface area contributed by atoms with Crippen molar-refractivity contribution in [2.75, 3.05) is 0 Å². The van der Waals surface area contributed by atoms with Crippen molar-refractivity contribution in [2.45, 2.75) is 21.3 Å². The predicted octanol–water partition coefficient (Wildman–Crippen LogP) is 4.20. The van der Waals surface area contributed by atoms with Crippen molar-refractivity contribution in [3.63, 3.8) is 0 Å². The highest BCUT2D eigenvalue weighted by molar-refractivity contribution is 5.58. The van der Waals surface area contributed by atoms with Crippen LogP contribution in [0.5, 0.6) is 0 Å².